The zero-order chi connectivity index (χ0) is 19.1. The van der Waals surface area contributed by atoms with E-state index in [0.717, 1.165) is 6.42 Å². The highest BCUT2D eigenvalue weighted by Gasteiger charge is 2.68. The quantitative estimate of drug-likeness (QED) is 0.405. The molecule has 1 aromatic rings. The van der Waals surface area contributed by atoms with Gasteiger partial charge in [0.15, 0.2) is 6.61 Å². The lowest BCUT2D eigenvalue weighted by Gasteiger charge is -2.26. The first-order valence-corrected chi connectivity index (χ1v) is 9.54. The molecular formula is C18H17BrN2O6. The molecule has 1 saturated heterocycles. The summed E-state index contributed by atoms with van der Waals surface area (Å²) in [6.45, 7) is -0.542. The van der Waals surface area contributed by atoms with Crippen molar-refractivity contribution in [3.63, 3.8) is 0 Å². The van der Waals surface area contributed by atoms with Crippen molar-refractivity contribution in [2.45, 2.75) is 17.4 Å². The summed E-state index contributed by atoms with van der Waals surface area (Å²) in [5.74, 6) is -3.19. The number of fused-ring (bicyclic) bond motifs is 1. The molecule has 27 heavy (non-hydrogen) atoms. The third-order valence-electron chi connectivity index (χ3n) is 5.49. The zero-order valence-electron chi connectivity index (χ0n) is 14.1. The van der Waals surface area contributed by atoms with Gasteiger partial charge in [-0.1, -0.05) is 34.1 Å². The lowest BCUT2D eigenvalue weighted by molar-refractivity contribution is -0.158. The van der Waals surface area contributed by atoms with E-state index < -0.39 is 36.2 Å². The van der Waals surface area contributed by atoms with E-state index in [9.17, 15) is 19.2 Å². The predicted octanol–water partition coefficient (Wildman–Crippen LogP) is 0.562. The highest BCUT2D eigenvalue weighted by atomic mass is 79.9. The number of benzene rings is 1. The lowest BCUT2D eigenvalue weighted by atomic mass is 9.80. The third-order valence-corrected chi connectivity index (χ3v) is 6.69. The molecule has 2 amide bonds. The van der Waals surface area contributed by atoms with Crippen LogP contribution in [0.5, 0.6) is 0 Å². The van der Waals surface area contributed by atoms with Gasteiger partial charge in [-0.25, -0.2) is 0 Å². The first kappa shape index (κ1) is 18.0. The van der Waals surface area contributed by atoms with Crippen molar-refractivity contribution in [2.24, 2.45) is 23.7 Å². The van der Waals surface area contributed by atoms with Crippen LogP contribution in [-0.2, 0) is 23.9 Å². The molecule has 6 atom stereocenters. The van der Waals surface area contributed by atoms with Gasteiger partial charge in [0.05, 0.1) is 16.7 Å². The van der Waals surface area contributed by atoms with Crippen LogP contribution < -0.4 is 10.9 Å². The van der Waals surface area contributed by atoms with Crippen LogP contribution >= 0.6 is 15.9 Å². The number of hydrogen-bond acceptors (Lipinski definition) is 6. The second kappa shape index (κ2) is 6.95. The Labute approximate surface area is 163 Å². The van der Waals surface area contributed by atoms with Crippen LogP contribution in [0.2, 0.25) is 0 Å². The highest BCUT2D eigenvalue weighted by Crippen LogP contribution is 2.60. The number of ether oxygens (including phenoxy) is 2. The van der Waals surface area contributed by atoms with E-state index >= 15 is 0 Å². The van der Waals surface area contributed by atoms with Gasteiger partial charge >= 0.3 is 11.9 Å². The third kappa shape index (κ3) is 3.09. The first-order chi connectivity index (χ1) is 13.0. The van der Waals surface area contributed by atoms with Gasteiger partial charge in [-0.2, -0.15) is 0 Å². The molecule has 1 aromatic carbocycles. The summed E-state index contributed by atoms with van der Waals surface area (Å²) in [5.41, 5.74) is 4.83. The molecule has 2 aliphatic carbocycles. The Kier molecular flexibility index (Phi) is 4.63. The fraction of sp³-hybridized carbons (Fsp3) is 0.444. The molecule has 3 aliphatic rings. The Balaban J connectivity index is 1.28. The molecule has 0 spiro atoms. The number of carbonyl (C=O) groups excluding carboxylic acids is 4. The van der Waals surface area contributed by atoms with Crippen LogP contribution in [0.25, 0.3) is 0 Å². The SMILES string of the molecule is O=C(COC(=O)[C@@H]1[C@H]2C[C@H]3[C@H](OC(=O)[C@@H]31)[C@@H]2Br)NNC(=O)c1ccccc1. The molecule has 3 fully saturated rings. The van der Waals surface area contributed by atoms with E-state index in [1.165, 1.54) is 0 Å². The van der Waals surface area contributed by atoms with Gasteiger partial charge in [-0.15, -0.1) is 0 Å². The molecule has 1 aliphatic heterocycles. The smallest absolute Gasteiger partial charge is 0.310 e. The Morgan fingerprint density at radius 2 is 1.89 bits per heavy atom. The van der Waals surface area contributed by atoms with Gasteiger partial charge in [-0.3, -0.25) is 30.0 Å². The average molecular weight is 437 g/mol. The molecule has 2 saturated carbocycles. The van der Waals surface area contributed by atoms with Gasteiger partial charge < -0.3 is 9.47 Å². The van der Waals surface area contributed by atoms with Crippen LogP contribution in [0, 0.1) is 23.7 Å². The van der Waals surface area contributed by atoms with Crippen LogP contribution in [0.4, 0.5) is 0 Å². The second-order valence-electron chi connectivity index (χ2n) is 6.94. The molecule has 142 valence electrons. The summed E-state index contributed by atoms with van der Waals surface area (Å²) >= 11 is 3.52. The summed E-state index contributed by atoms with van der Waals surface area (Å²) in [6, 6.07) is 8.36. The van der Waals surface area contributed by atoms with E-state index in [-0.39, 0.29) is 28.7 Å². The van der Waals surface area contributed by atoms with E-state index in [1.807, 2.05) is 0 Å². The number of hydrogen-bond donors (Lipinski definition) is 2. The van der Waals surface area contributed by atoms with Crippen LogP contribution in [-0.4, -0.2) is 41.3 Å². The molecule has 4 rings (SSSR count). The monoisotopic (exact) mass is 436 g/mol. The molecule has 2 N–H and O–H groups in total. The maximum Gasteiger partial charge on any atom is 0.310 e. The summed E-state index contributed by atoms with van der Waals surface area (Å²) in [5, 5.41) is 0. The summed E-state index contributed by atoms with van der Waals surface area (Å²) in [4.78, 5) is 48.1. The second-order valence-corrected chi connectivity index (χ2v) is 7.99. The fourth-order valence-electron chi connectivity index (χ4n) is 4.35. The van der Waals surface area contributed by atoms with Crippen molar-refractivity contribution >= 4 is 39.7 Å². The molecule has 0 radical (unpaired) electrons. The van der Waals surface area contributed by atoms with Crippen molar-refractivity contribution < 1.29 is 28.7 Å². The number of rotatable bonds is 4. The molecule has 0 unspecified atom stereocenters. The number of alkyl halides is 1. The molecule has 8 nitrogen and oxygen atoms in total. The van der Waals surface area contributed by atoms with Gasteiger partial charge in [0, 0.05) is 11.5 Å². The number of esters is 2. The van der Waals surface area contributed by atoms with Crippen LogP contribution in [0.3, 0.4) is 0 Å². The number of halogens is 1. The largest absolute Gasteiger partial charge is 0.461 e. The van der Waals surface area contributed by atoms with E-state index in [2.05, 4.69) is 26.8 Å². The maximum atomic E-state index is 12.5. The minimum atomic E-state index is -0.668. The van der Waals surface area contributed by atoms with Crippen LogP contribution in [0.15, 0.2) is 30.3 Å². The minimum Gasteiger partial charge on any atom is -0.461 e. The normalized spacial score (nSPS) is 32.7. The van der Waals surface area contributed by atoms with E-state index in [1.54, 1.807) is 30.3 Å². The van der Waals surface area contributed by atoms with Gasteiger partial charge in [-0.05, 0) is 24.5 Å². The van der Waals surface area contributed by atoms with Crippen molar-refractivity contribution in [1.82, 2.24) is 10.9 Å². The first-order valence-electron chi connectivity index (χ1n) is 8.63. The van der Waals surface area contributed by atoms with E-state index in [0.29, 0.717) is 5.56 Å². The number of carbonyl (C=O) groups is 4. The Bertz CT molecular complexity index is 800. The summed E-state index contributed by atoms with van der Waals surface area (Å²) in [6.07, 6.45) is 0.559. The number of amides is 2. The molecule has 0 aromatic heterocycles. The van der Waals surface area contributed by atoms with Crippen molar-refractivity contribution in [3.05, 3.63) is 35.9 Å². The van der Waals surface area contributed by atoms with E-state index in [4.69, 9.17) is 9.47 Å². The predicted molar refractivity (Wildman–Crippen MR) is 94.2 cm³/mol. The fourth-order valence-corrected chi connectivity index (χ4v) is 5.40. The lowest BCUT2D eigenvalue weighted by Crippen LogP contribution is -2.44. The van der Waals surface area contributed by atoms with Crippen molar-refractivity contribution in [1.29, 1.82) is 0 Å². The average Bonchev–Trinajstić information content (AvgIpc) is 3.29. The number of hydrazine groups is 1. The summed E-state index contributed by atoms with van der Waals surface area (Å²) in [7, 11) is 0. The topological polar surface area (TPSA) is 111 Å². The van der Waals surface area contributed by atoms with Crippen LogP contribution in [0.1, 0.15) is 16.8 Å². The van der Waals surface area contributed by atoms with Gasteiger partial charge in [0.1, 0.15) is 6.10 Å². The van der Waals surface area contributed by atoms with Crippen molar-refractivity contribution in [3.8, 4) is 0 Å². The Morgan fingerprint density at radius 1 is 1.15 bits per heavy atom. The zero-order valence-corrected chi connectivity index (χ0v) is 15.7. The molecule has 1 heterocycles. The van der Waals surface area contributed by atoms with Crippen molar-refractivity contribution in [2.75, 3.05) is 6.61 Å². The molecular weight excluding hydrogens is 420 g/mol. The van der Waals surface area contributed by atoms with Gasteiger partial charge in [0.25, 0.3) is 11.8 Å². The highest BCUT2D eigenvalue weighted by molar-refractivity contribution is 9.09. The molecule has 9 heteroatoms. The standard InChI is InChI=1S/C18H17BrN2O6/c19-14-9-6-10-13(18(25)27-15(10)14)12(9)17(24)26-7-11(22)20-21-16(23)8-4-2-1-3-5-8/h1-5,9-10,12-15H,6-7H2,(H,20,22)(H,21,23)/t9-,10-,12-,13+,14-,15+/m1/s1. The maximum absolute atomic E-state index is 12.5. The Morgan fingerprint density at radius 3 is 2.63 bits per heavy atom. The molecule has 2 bridgehead atoms. The number of nitrogens with one attached hydrogen (secondary N) is 2. The minimum absolute atomic E-state index is 0.0309. The Hall–Kier alpha value is -2.42. The van der Waals surface area contributed by atoms with Gasteiger partial charge in [0.2, 0.25) is 0 Å². The summed E-state index contributed by atoms with van der Waals surface area (Å²) < 4.78 is 10.4.